The number of fused-ring (bicyclic) bond motifs is 1. The second-order valence-corrected chi connectivity index (χ2v) is 6.15. The third-order valence-corrected chi connectivity index (χ3v) is 4.79. The summed E-state index contributed by atoms with van der Waals surface area (Å²) in [5, 5.41) is 11.4. The van der Waals surface area contributed by atoms with E-state index in [0.717, 1.165) is 17.7 Å². The van der Waals surface area contributed by atoms with Gasteiger partial charge in [-0.1, -0.05) is 6.92 Å². The predicted molar refractivity (Wildman–Crippen MR) is 80.2 cm³/mol. The molecule has 0 saturated carbocycles. The fraction of sp³-hybridized carbons (Fsp3) is 0.462. The monoisotopic (exact) mass is 292 g/mol. The zero-order chi connectivity index (χ0) is 14.3. The number of nitro groups is 1. The first-order valence-electron chi connectivity index (χ1n) is 6.59. The quantitative estimate of drug-likeness (QED) is 0.678. The highest BCUT2D eigenvalue weighted by molar-refractivity contribution is 7.16. The second-order valence-electron chi connectivity index (χ2n) is 5.27. The van der Waals surface area contributed by atoms with Gasteiger partial charge in [-0.2, -0.15) is 0 Å². The Balaban J connectivity index is 2.07. The molecule has 2 N–H and O–H groups in total. The maximum atomic E-state index is 11.4. The molecule has 0 bridgehead atoms. The Hall–Kier alpha value is -1.73. The minimum Gasteiger partial charge on any atom is -0.364 e. The van der Waals surface area contributed by atoms with Crippen LogP contribution in [0.1, 0.15) is 13.3 Å². The van der Waals surface area contributed by atoms with Crippen molar-refractivity contribution in [2.75, 3.05) is 18.0 Å². The molecule has 0 spiro atoms. The molecule has 0 radical (unpaired) electrons. The van der Waals surface area contributed by atoms with E-state index in [4.69, 9.17) is 5.73 Å². The summed E-state index contributed by atoms with van der Waals surface area (Å²) in [5.74, 6) is 0.452. The summed E-state index contributed by atoms with van der Waals surface area (Å²) in [4.78, 5) is 17.3. The van der Waals surface area contributed by atoms with Crippen molar-refractivity contribution in [2.45, 2.75) is 19.4 Å². The lowest BCUT2D eigenvalue weighted by atomic mass is 9.94. The van der Waals surface area contributed by atoms with E-state index in [2.05, 4.69) is 11.9 Å². The molecule has 6 nitrogen and oxygen atoms in total. The van der Waals surface area contributed by atoms with Crippen LogP contribution < -0.4 is 10.6 Å². The number of thiazole rings is 1. The van der Waals surface area contributed by atoms with E-state index in [1.165, 1.54) is 11.3 Å². The van der Waals surface area contributed by atoms with Crippen molar-refractivity contribution >= 4 is 32.9 Å². The highest BCUT2D eigenvalue weighted by Crippen LogP contribution is 2.37. The highest BCUT2D eigenvalue weighted by Gasteiger charge is 2.29. The number of hydrogen-bond donors (Lipinski definition) is 1. The van der Waals surface area contributed by atoms with Crippen LogP contribution in [0, 0.1) is 16.0 Å². The minimum atomic E-state index is -0.332. The molecule has 1 aliphatic heterocycles. The summed E-state index contributed by atoms with van der Waals surface area (Å²) in [7, 11) is 0. The first-order chi connectivity index (χ1) is 9.58. The summed E-state index contributed by atoms with van der Waals surface area (Å²) in [6.45, 7) is 3.57. The lowest BCUT2D eigenvalue weighted by Gasteiger charge is -2.36. The summed E-state index contributed by atoms with van der Waals surface area (Å²) >= 11 is 1.42. The van der Waals surface area contributed by atoms with Gasteiger partial charge in [0.1, 0.15) is 5.69 Å². The van der Waals surface area contributed by atoms with E-state index in [1.54, 1.807) is 5.51 Å². The molecule has 1 fully saturated rings. The number of nitrogens with two attached hydrogens (primary N) is 1. The summed E-state index contributed by atoms with van der Waals surface area (Å²) in [6, 6.07) is 3.77. The average Bonchev–Trinajstić information content (AvgIpc) is 2.88. The number of hydrogen-bond acceptors (Lipinski definition) is 6. The van der Waals surface area contributed by atoms with E-state index >= 15 is 0 Å². The molecular weight excluding hydrogens is 276 g/mol. The highest BCUT2D eigenvalue weighted by atomic mass is 32.1. The number of piperidine rings is 1. The predicted octanol–water partition coefficient (Wildman–Crippen LogP) is 2.38. The van der Waals surface area contributed by atoms with Gasteiger partial charge in [-0.25, -0.2) is 4.98 Å². The van der Waals surface area contributed by atoms with Crippen molar-refractivity contribution in [3.63, 3.8) is 0 Å². The van der Waals surface area contributed by atoms with Gasteiger partial charge >= 0.3 is 5.69 Å². The van der Waals surface area contributed by atoms with Gasteiger partial charge in [0, 0.05) is 19.1 Å². The molecule has 106 valence electrons. The summed E-state index contributed by atoms with van der Waals surface area (Å²) in [6.07, 6.45) is 0.952. The van der Waals surface area contributed by atoms with Crippen LogP contribution in [0.25, 0.3) is 10.2 Å². The Morgan fingerprint density at radius 2 is 2.35 bits per heavy atom. The zero-order valence-corrected chi connectivity index (χ0v) is 12.0. The van der Waals surface area contributed by atoms with E-state index in [-0.39, 0.29) is 16.7 Å². The SMILES string of the molecule is CC1CCN(c2ccc3scnc3c2[N+](=O)[O-])CC1N. The summed E-state index contributed by atoms with van der Waals surface area (Å²) in [5.41, 5.74) is 8.96. The standard InChI is InChI=1S/C13H16N4O2S/c1-8-4-5-16(6-9(8)14)10-2-3-11-12(15-7-20-11)13(10)17(18)19/h2-3,7-9H,4-6,14H2,1H3. The molecule has 1 aliphatic rings. The minimum absolute atomic E-state index is 0.0504. The van der Waals surface area contributed by atoms with Crippen LogP contribution in [0.5, 0.6) is 0 Å². The molecule has 0 amide bonds. The molecule has 1 aromatic heterocycles. The number of aromatic nitrogens is 1. The molecule has 2 atom stereocenters. The van der Waals surface area contributed by atoms with Gasteiger partial charge in [0.2, 0.25) is 0 Å². The van der Waals surface area contributed by atoms with Crippen LogP contribution in [0.4, 0.5) is 11.4 Å². The van der Waals surface area contributed by atoms with Crippen molar-refractivity contribution in [1.29, 1.82) is 0 Å². The normalized spacial score (nSPS) is 23.2. The maximum Gasteiger partial charge on any atom is 0.319 e. The number of nitro benzene ring substituents is 1. The Morgan fingerprint density at radius 3 is 3.05 bits per heavy atom. The van der Waals surface area contributed by atoms with Crippen LogP contribution in [0.2, 0.25) is 0 Å². The number of nitrogens with zero attached hydrogens (tertiary/aromatic N) is 3. The van der Waals surface area contributed by atoms with E-state index < -0.39 is 0 Å². The Morgan fingerprint density at radius 1 is 1.55 bits per heavy atom. The fourth-order valence-electron chi connectivity index (χ4n) is 2.66. The molecule has 20 heavy (non-hydrogen) atoms. The second kappa shape index (κ2) is 4.99. The van der Waals surface area contributed by atoms with Crippen LogP contribution in [-0.2, 0) is 0 Å². The number of benzene rings is 1. The Kier molecular flexibility index (Phi) is 3.31. The third-order valence-electron chi connectivity index (χ3n) is 3.99. The first kappa shape index (κ1) is 13.3. The molecule has 2 aromatic rings. The van der Waals surface area contributed by atoms with Gasteiger partial charge in [-0.3, -0.25) is 10.1 Å². The van der Waals surface area contributed by atoms with E-state index in [0.29, 0.717) is 23.7 Å². The van der Waals surface area contributed by atoms with Gasteiger partial charge in [-0.15, -0.1) is 11.3 Å². The fourth-order valence-corrected chi connectivity index (χ4v) is 3.34. The molecule has 0 aliphatic carbocycles. The maximum absolute atomic E-state index is 11.4. The zero-order valence-electron chi connectivity index (χ0n) is 11.2. The Labute approximate surface area is 120 Å². The lowest BCUT2D eigenvalue weighted by molar-refractivity contribution is -0.382. The van der Waals surface area contributed by atoms with Crippen molar-refractivity contribution < 1.29 is 4.92 Å². The van der Waals surface area contributed by atoms with Gasteiger partial charge < -0.3 is 10.6 Å². The average molecular weight is 292 g/mol. The van der Waals surface area contributed by atoms with Gasteiger partial charge in [0.15, 0.2) is 5.52 Å². The van der Waals surface area contributed by atoms with Crippen molar-refractivity contribution in [3.8, 4) is 0 Å². The van der Waals surface area contributed by atoms with Crippen LogP contribution >= 0.6 is 11.3 Å². The van der Waals surface area contributed by atoms with Crippen molar-refractivity contribution in [2.24, 2.45) is 11.7 Å². The molecule has 2 unspecified atom stereocenters. The summed E-state index contributed by atoms with van der Waals surface area (Å²) < 4.78 is 0.843. The van der Waals surface area contributed by atoms with Crippen molar-refractivity contribution in [3.05, 3.63) is 27.8 Å². The smallest absolute Gasteiger partial charge is 0.319 e. The van der Waals surface area contributed by atoms with Crippen LogP contribution in [0.3, 0.4) is 0 Å². The number of anilines is 1. The molecule has 1 saturated heterocycles. The van der Waals surface area contributed by atoms with Gasteiger partial charge in [0.05, 0.1) is 15.1 Å². The third kappa shape index (κ3) is 2.12. The van der Waals surface area contributed by atoms with Crippen LogP contribution in [-0.4, -0.2) is 29.0 Å². The molecule has 1 aromatic carbocycles. The largest absolute Gasteiger partial charge is 0.364 e. The van der Waals surface area contributed by atoms with E-state index in [1.807, 2.05) is 17.0 Å². The van der Waals surface area contributed by atoms with Gasteiger partial charge in [0.25, 0.3) is 0 Å². The van der Waals surface area contributed by atoms with Gasteiger partial charge in [-0.05, 0) is 24.5 Å². The lowest BCUT2D eigenvalue weighted by Crippen LogP contribution is -2.47. The van der Waals surface area contributed by atoms with Crippen molar-refractivity contribution in [1.82, 2.24) is 4.98 Å². The number of rotatable bonds is 2. The molecule has 3 rings (SSSR count). The molecule has 7 heteroatoms. The molecule has 2 heterocycles. The molecular formula is C13H16N4O2S. The topological polar surface area (TPSA) is 85.3 Å². The van der Waals surface area contributed by atoms with Crippen LogP contribution in [0.15, 0.2) is 17.6 Å². The first-order valence-corrected chi connectivity index (χ1v) is 7.47. The van der Waals surface area contributed by atoms with E-state index in [9.17, 15) is 10.1 Å². The Bertz CT molecular complexity index is 657.